The standard InChI is InChI=1S/C19H24N2O5/c1-19(2,3)26-18(23)21-10-11-25-17-13(12-20)6-5-7-14(17)15(21)8-9-16(22)24-4/h5-7,15H,8-11H2,1-4H3. The van der Waals surface area contributed by atoms with Crippen LogP contribution < -0.4 is 4.74 Å². The highest BCUT2D eigenvalue weighted by Gasteiger charge is 2.34. The Morgan fingerprint density at radius 2 is 2.12 bits per heavy atom. The zero-order chi connectivity index (χ0) is 19.3. The third-order valence-corrected chi connectivity index (χ3v) is 3.96. The summed E-state index contributed by atoms with van der Waals surface area (Å²) in [6.07, 6.45) is -0.000388. The van der Waals surface area contributed by atoms with Crippen molar-refractivity contribution < 1.29 is 23.8 Å². The van der Waals surface area contributed by atoms with E-state index < -0.39 is 17.7 Å². The molecule has 0 aromatic heterocycles. The summed E-state index contributed by atoms with van der Waals surface area (Å²) in [5.41, 5.74) is 0.446. The van der Waals surface area contributed by atoms with Gasteiger partial charge in [-0.25, -0.2) is 4.79 Å². The third kappa shape index (κ3) is 4.66. The molecule has 7 nitrogen and oxygen atoms in total. The number of hydrogen-bond donors (Lipinski definition) is 0. The predicted octanol–water partition coefficient (Wildman–Crippen LogP) is 3.18. The summed E-state index contributed by atoms with van der Waals surface area (Å²) < 4.78 is 16.0. The summed E-state index contributed by atoms with van der Waals surface area (Å²) in [5.74, 6) is 0.0909. The van der Waals surface area contributed by atoms with E-state index in [1.54, 1.807) is 43.9 Å². The lowest BCUT2D eigenvalue weighted by atomic mass is 9.97. The molecule has 1 unspecified atom stereocenters. The Kier molecular flexibility index (Phi) is 6.09. The Morgan fingerprint density at radius 1 is 1.38 bits per heavy atom. The number of rotatable bonds is 3. The Labute approximate surface area is 153 Å². The van der Waals surface area contributed by atoms with Gasteiger partial charge in [0.25, 0.3) is 0 Å². The van der Waals surface area contributed by atoms with Crippen LogP contribution in [-0.2, 0) is 14.3 Å². The maximum atomic E-state index is 12.7. The number of ether oxygens (including phenoxy) is 3. The fourth-order valence-corrected chi connectivity index (χ4v) is 2.84. The number of benzene rings is 1. The molecular weight excluding hydrogens is 336 g/mol. The van der Waals surface area contributed by atoms with Gasteiger partial charge in [0, 0.05) is 12.0 Å². The van der Waals surface area contributed by atoms with Crippen LogP contribution in [0, 0.1) is 11.3 Å². The van der Waals surface area contributed by atoms with Gasteiger partial charge in [-0.2, -0.15) is 5.26 Å². The molecule has 1 aliphatic heterocycles. The Balaban J connectivity index is 2.41. The molecule has 26 heavy (non-hydrogen) atoms. The number of fused-ring (bicyclic) bond motifs is 1. The second-order valence-corrected chi connectivity index (χ2v) is 6.99. The van der Waals surface area contributed by atoms with Crippen molar-refractivity contribution >= 4 is 12.1 Å². The monoisotopic (exact) mass is 360 g/mol. The first-order valence-corrected chi connectivity index (χ1v) is 8.49. The van der Waals surface area contributed by atoms with Gasteiger partial charge in [-0.3, -0.25) is 9.69 Å². The molecule has 0 radical (unpaired) electrons. The maximum Gasteiger partial charge on any atom is 0.410 e. The predicted molar refractivity (Wildman–Crippen MR) is 93.6 cm³/mol. The molecule has 0 aliphatic carbocycles. The van der Waals surface area contributed by atoms with E-state index in [0.29, 0.717) is 29.8 Å². The first-order chi connectivity index (χ1) is 12.3. The molecule has 1 aromatic rings. The molecule has 1 amide bonds. The average molecular weight is 360 g/mol. The minimum Gasteiger partial charge on any atom is -0.490 e. The number of amides is 1. The molecule has 7 heteroatoms. The number of esters is 1. The van der Waals surface area contributed by atoms with Crippen molar-refractivity contribution in [3.05, 3.63) is 29.3 Å². The number of nitriles is 1. The fourth-order valence-electron chi connectivity index (χ4n) is 2.84. The van der Waals surface area contributed by atoms with E-state index in [1.807, 2.05) is 0 Å². The molecule has 1 aromatic carbocycles. The quantitative estimate of drug-likeness (QED) is 0.769. The average Bonchev–Trinajstić information content (AvgIpc) is 2.77. The summed E-state index contributed by atoms with van der Waals surface area (Å²) >= 11 is 0. The van der Waals surface area contributed by atoms with Gasteiger partial charge in [0.1, 0.15) is 24.0 Å². The van der Waals surface area contributed by atoms with Crippen LogP contribution >= 0.6 is 0 Å². The molecule has 1 heterocycles. The van der Waals surface area contributed by atoms with Crippen LogP contribution in [0.4, 0.5) is 4.79 Å². The highest BCUT2D eigenvalue weighted by atomic mass is 16.6. The van der Waals surface area contributed by atoms with Gasteiger partial charge in [-0.15, -0.1) is 0 Å². The van der Waals surface area contributed by atoms with Gasteiger partial charge in [0.2, 0.25) is 0 Å². The summed E-state index contributed by atoms with van der Waals surface area (Å²) in [6, 6.07) is 6.87. The molecule has 0 bridgehead atoms. The van der Waals surface area contributed by atoms with Crippen molar-refractivity contribution in [3.63, 3.8) is 0 Å². The fraction of sp³-hybridized carbons (Fsp3) is 0.526. The zero-order valence-electron chi connectivity index (χ0n) is 15.6. The summed E-state index contributed by atoms with van der Waals surface area (Å²) in [7, 11) is 1.33. The van der Waals surface area contributed by atoms with Crippen LogP contribution in [0.25, 0.3) is 0 Å². The van der Waals surface area contributed by atoms with Crippen LogP contribution in [0.5, 0.6) is 5.75 Å². The number of hydrogen-bond acceptors (Lipinski definition) is 6. The highest BCUT2D eigenvalue weighted by molar-refractivity contribution is 5.71. The van der Waals surface area contributed by atoms with Crippen LogP contribution in [0.2, 0.25) is 0 Å². The van der Waals surface area contributed by atoms with E-state index in [0.717, 1.165) is 0 Å². The van der Waals surface area contributed by atoms with Crippen molar-refractivity contribution in [3.8, 4) is 11.8 Å². The Morgan fingerprint density at radius 3 is 2.73 bits per heavy atom. The Hall–Kier alpha value is -2.75. The molecule has 0 spiro atoms. The van der Waals surface area contributed by atoms with Crippen molar-refractivity contribution in [1.29, 1.82) is 5.26 Å². The molecule has 1 atom stereocenters. The van der Waals surface area contributed by atoms with Gasteiger partial charge in [0.15, 0.2) is 0 Å². The smallest absolute Gasteiger partial charge is 0.410 e. The van der Waals surface area contributed by atoms with E-state index in [2.05, 4.69) is 6.07 Å². The molecule has 140 valence electrons. The number of carbonyl (C=O) groups excluding carboxylic acids is 2. The van der Waals surface area contributed by atoms with Crippen LogP contribution in [0.3, 0.4) is 0 Å². The van der Waals surface area contributed by atoms with Gasteiger partial charge in [0.05, 0.1) is 25.3 Å². The van der Waals surface area contributed by atoms with E-state index in [-0.39, 0.29) is 19.0 Å². The van der Waals surface area contributed by atoms with E-state index in [4.69, 9.17) is 14.2 Å². The first kappa shape index (κ1) is 19.6. The SMILES string of the molecule is COC(=O)CCC1c2cccc(C#N)c2OCCN1C(=O)OC(C)(C)C. The molecule has 2 rings (SSSR count). The van der Waals surface area contributed by atoms with Gasteiger partial charge in [-0.05, 0) is 33.3 Å². The van der Waals surface area contributed by atoms with Gasteiger partial charge < -0.3 is 14.2 Å². The van der Waals surface area contributed by atoms with E-state index >= 15 is 0 Å². The van der Waals surface area contributed by atoms with Crippen LogP contribution in [-0.4, -0.2) is 42.8 Å². The first-order valence-electron chi connectivity index (χ1n) is 8.49. The minimum atomic E-state index is -0.644. The van der Waals surface area contributed by atoms with E-state index in [1.165, 1.54) is 7.11 Å². The summed E-state index contributed by atoms with van der Waals surface area (Å²) in [5, 5.41) is 9.35. The molecule has 0 saturated carbocycles. The molecule has 1 aliphatic rings. The van der Waals surface area contributed by atoms with Crippen LogP contribution in [0.1, 0.15) is 50.8 Å². The number of para-hydroxylation sites is 1. The largest absolute Gasteiger partial charge is 0.490 e. The topological polar surface area (TPSA) is 88.9 Å². The van der Waals surface area contributed by atoms with Crippen LogP contribution in [0.15, 0.2) is 18.2 Å². The van der Waals surface area contributed by atoms with Gasteiger partial charge in [-0.1, -0.05) is 12.1 Å². The van der Waals surface area contributed by atoms with Crippen molar-refractivity contribution in [2.45, 2.75) is 45.3 Å². The lowest BCUT2D eigenvalue weighted by Gasteiger charge is -2.32. The normalized spacial score (nSPS) is 16.6. The number of methoxy groups -OCH3 is 1. The second-order valence-electron chi connectivity index (χ2n) is 6.99. The zero-order valence-corrected chi connectivity index (χ0v) is 15.6. The number of carbonyl (C=O) groups is 2. The molecule has 0 N–H and O–H groups in total. The molecular formula is C19H24N2O5. The molecule has 0 fully saturated rings. The van der Waals surface area contributed by atoms with E-state index in [9.17, 15) is 14.9 Å². The maximum absolute atomic E-state index is 12.7. The highest BCUT2D eigenvalue weighted by Crippen LogP contribution is 2.37. The molecule has 0 saturated heterocycles. The second kappa shape index (κ2) is 8.09. The van der Waals surface area contributed by atoms with Crippen molar-refractivity contribution in [1.82, 2.24) is 4.90 Å². The third-order valence-electron chi connectivity index (χ3n) is 3.96. The van der Waals surface area contributed by atoms with Crippen molar-refractivity contribution in [2.75, 3.05) is 20.3 Å². The van der Waals surface area contributed by atoms with Gasteiger partial charge >= 0.3 is 12.1 Å². The minimum absolute atomic E-state index is 0.136. The summed E-state index contributed by atoms with van der Waals surface area (Å²) in [4.78, 5) is 25.9. The number of nitrogens with zero attached hydrogens (tertiary/aromatic N) is 2. The Bertz CT molecular complexity index is 718. The lowest BCUT2D eigenvalue weighted by Crippen LogP contribution is -2.40. The summed E-state index contributed by atoms with van der Waals surface area (Å²) in [6.45, 7) is 5.92. The lowest BCUT2D eigenvalue weighted by molar-refractivity contribution is -0.141. The van der Waals surface area contributed by atoms with Crippen molar-refractivity contribution in [2.24, 2.45) is 0 Å².